The molecule has 2 aliphatic rings. The quantitative estimate of drug-likeness (QED) is 0.644. The van der Waals surface area contributed by atoms with Crippen LogP contribution in [0.15, 0.2) is 24.3 Å². The minimum absolute atomic E-state index is 0.0892. The summed E-state index contributed by atoms with van der Waals surface area (Å²) in [5, 5.41) is 12.6. The van der Waals surface area contributed by atoms with E-state index in [1.807, 2.05) is 6.07 Å². The summed E-state index contributed by atoms with van der Waals surface area (Å²) in [6.45, 7) is 0.135. The molecule has 5 rings (SSSR count). The summed E-state index contributed by atoms with van der Waals surface area (Å²) in [4.78, 5) is 24.3. The number of hydrogen-bond donors (Lipinski definition) is 2. The molecule has 0 spiro atoms. The van der Waals surface area contributed by atoms with Crippen molar-refractivity contribution in [2.45, 2.75) is 44.4 Å². The van der Waals surface area contributed by atoms with E-state index in [-0.39, 0.29) is 19.1 Å². The molecule has 150 valence electrons. The maximum atomic E-state index is 12.2. The molecule has 0 bridgehead atoms. The van der Waals surface area contributed by atoms with Gasteiger partial charge in [-0.2, -0.15) is 4.98 Å². The van der Waals surface area contributed by atoms with E-state index >= 15 is 0 Å². The van der Waals surface area contributed by atoms with Gasteiger partial charge in [-0.3, -0.25) is 4.79 Å². The van der Waals surface area contributed by atoms with E-state index < -0.39 is 0 Å². The zero-order valence-corrected chi connectivity index (χ0v) is 16.9. The number of carbonyl (C=O) groups is 1. The number of benzene rings is 1. The van der Waals surface area contributed by atoms with Crippen molar-refractivity contribution in [1.29, 1.82) is 0 Å². The number of amides is 1. The van der Waals surface area contributed by atoms with Crippen molar-refractivity contribution in [2.75, 3.05) is 13.2 Å². The number of aliphatic hydroxyl groups is 1. The summed E-state index contributed by atoms with van der Waals surface area (Å²) < 4.78 is 6.26. The number of aromatic nitrogens is 2. The van der Waals surface area contributed by atoms with Crippen molar-refractivity contribution in [3.05, 3.63) is 46.1 Å². The fraction of sp³-hybridized carbons (Fsp3) is 0.409. The third kappa shape index (κ3) is 3.72. The third-order valence-corrected chi connectivity index (χ3v) is 6.64. The molecule has 2 aromatic heterocycles. The first-order valence-electron chi connectivity index (χ1n) is 10.2. The SMILES string of the molecule is O=C(NCCO)c1cccc(Oc2nc(C3CC3)nc3sc4c(c23)CCCC4)c1. The van der Waals surface area contributed by atoms with E-state index in [1.54, 1.807) is 29.5 Å². The predicted octanol–water partition coefficient (Wildman–Crippen LogP) is 3.96. The van der Waals surface area contributed by atoms with E-state index in [2.05, 4.69) is 5.32 Å². The number of aryl methyl sites for hydroxylation is 2. The van der Waals surface area contributed by atoms with Crippen LogP contribution in [0.5, 0.6) is 11.6 Å². The Morgan fingerprint density at radius 3 is 2.93 bits per heavy atom. The second kappa shape index (κ2) is 7.72. The smallest absolute Gasteiger partial charge is 0.251 e. The largest absolute Gasteiger partial charge is 0.438 e. The molecule has 6 nitrogen and oxygen atoms in total. The Balaban J connectivity index is 1.53. The number of aliphatic hydroxyl groups excluding tert-OH is 1. The molecule has 0 unspecified atom stereocenters. The summed E-state index contributed by atoms with van der Waals surface area (Å²) >= 11 is 1.78. The van der Waals surface area contributed by atoms with Crippen LogP contribution in [-0.4, -0.2) is 34.1 Å². The number of hydrogen-bond acceptors (Lipinski definition) is 6. The van der Waals surface area contributed by atoms with Crippen LogP contribution in [-0.2, 0) is 12.8 Å². The van der Waals surface area contributed by atoms with Gasteiger partial charge in [-0.15, -0.1) is 11.3 Å². The van der Waals surface area contributed by atoms with Gasteiger partial charge >= 0.3 is 0 Å². The molecule has 29 heavy (non-hydrogen) atoms. The van der Waals surface area contributed by atoms with Gasteiger partial charge < -0.3 is 15.2 Å². The number of ether oxygens (including phenoxy) is 1. The fourth-order valence-electron chi connectivity index (χ4n) is 3.82. The normalized spacial score (nSPS) is 15.9. The highest BCUT2D eigenvalue weighted by atomic mass is 32.1. The van der Waals surface area contributed by atoms with Crippen LogP contribution in [0.3, 0.4) is 0 Å². The average molecular weight is 410 g/mol. The summed E-state index contributed by atoms with van der Waals surface area (Å²) in [5.41, 5.74) is 1.83. The Bertz CT molecular complexity index is 1070. The van der Waals surface area contributed by atoms with Crippen LogP contribution in [0.4, 0.5) is 0 Å². The number of rotatable bonds is 6. The number of fused-ring (bicyclic) bond motifs is 3. The highest BCUT2D eigenvalue weighted by Gasteiger charge is 2.30. The lowest BCUT2D eigenvalue weighted by Gasteiger charge is -2.13. The summed E-state index contributed by atoms with van der Waals surface area (Å²) in [7, 11) is 0. The lowest BCUT2D eigenvalue weighted by atomic mass is 9.97. The Labute approximate surface area is 173 Å². The molecule has 2 heterocycles. The summed E-state index contributed by atoms with van der Waals surface area (Å²) in [6.07, 6.45) is 6.83. The van der Waals surface area contributed by atoms with Crippen molar-refractivity contribution in [3.8, 4) is 11.6 Å². The maximum absolute atomic E-state index is 12.2. The van der Waals surface area contributed by atoms with Crippen LogP contribution in [0.1, 0.15) is 58.2 Å². The number of thiophene rings is 1. The molecule has 0 radical (unpaired) electrons. The minimum Gasteiger partial charge on any atom is -0.438 e. The van der Waals surface area contributed by atoms with Crippen molar-refractivity contribution < 1.29 is 14.6 Å². The molecule has 2 N–H and O–H groups in total. The van der Waals surface area contributed by atoms with Crippen LogP contribution in [0.25, 0.3) is 10.2 Å². The van der Waals surface area contributed by atoms with Crippen molar-refractivity contribution in [3.63, 3.8) is 0 Å². The molecule has 1 amide bonds. The van der Waals surface area contributed by atoms with Gasteiger partial charge in [-0.05, 0) is 62.3 Å². The summed E-state index contributed by atoms with van der Waals surface area (Å²) in [5.74, 6) is 2.28. The molecule has 0 saturated heterocycles. The first-order valence-corrected chi connectivity index (χ1v) is 11.0. The van der Waals surface area contributed by atoms with Gasteiger partial charge in [-0.25, -0.2) is 4.98 Å². The van der Waals surface area contributed by atoms with Gasteiger partial charge in [0.1, 0.15) is 16.4 Å². The topological polar surface area (TPSA) is 84.3 Å². The third-order valence-electron chi connectivity index (χ3n) is 5.45. The predicted molar refractivity (Wildman–Crippen MR) is 112 cm³/mol. The molecule has 1 saturated carbocycles. The second-order valence-corrected chi connectivity index (χ2v) is 8.75. The molecular weight excluding hydrogens is 386 g/mol. The summed E-state index contributed by atoms with van der Waals surface area (Å²) in [6, 6.07) is 7.09. The van der Waals surface area contributed by atoms with E-state index in [4.69, 9.17) is 19.8 Å². The minimum atomic E-state index is -0.232. The highest BCUT2D eigenvalue weighted by molar-refractivity contribution is 7.18. The molecule has 0 atom stereocenters. The molecule has 2 aliphatic carbocycles. The first-order chi connectivity index (χ1) is 14.2. The first kappa shape index (κ1) is 18.5. The zero-order chi connectivity index (χ0) is 19.8. The van der Waals surface area contributed by atoms with Crippen LogP contribution in [0, 0.1) is 0 Å². The maximum Gasteiger partial charge on any atom is 0.251 e. The molecule has 7 heteroatoms. The van der Waals surface area contributed by atoms with Gasteiger partial charge in [0.2, 0.25) is 5.88 Å². The molecule has 0 aliphatic heterocycles. The Kier molecular flexibility index (Phi) is 4.93. The highest BCUT2D eigenvalue weighted by Crippen LogP contribution is 2.44. The lowest BCUT2D eigenvalue weighted by molar-refractivity contribution is 0.0944. The molecule has 1 aromatic carbocycles. The van der Waals surface area contributed by atoms with E-state index in [0.717, 1.165) is 41.7 Å². The van der Waals surface area contributed by atoms with Gasteiger partial charge in [-0.1, -0.05) is 6.07 Å². The zero-order valence-electron chi connectivity index (χ0n) is 16.1. The standard InChI is InChI=1S/C22H23N3O3S/c26-11-10-23-20(27)14-4-3-5-15(12-14)28-21-18-16-6-1-2-7-17(16)29-22(18)25-19(24-21)13-8-9-13/h3-5,12-13,26H,1-2,6-11H2,(H,23,27). The van der Waals surface area contributed by atoms with Crippen molar-refractivity contribution in [2.24, 2.45) is 0 Å². The Morgan fingerprint density at radius 2 is 2.10 bits per heavy atom. The van der Waals surface area contributed by atoms with Crippen LogP contribution in [0.2, 0.25) is 0 Å². The van der Waals surface area contributed by atoms with Gasteiger partial charge in [0, 0.05) is 22.9 Å². The lowest BCUT2D eigenvalue weighted by Crippen LogP contribution is -2.26. The van der Waals surface area contributed by atoms with Crippen molar-refractivity contribution >= 4 is 27.5 Å². The van der Waals surface area contributed by atoms with Crippen LogP contribution >= 0.6 is 11.3 Å². The molecule has 1 fully saturated rings. The number of nitrogens with zero attached hydrogens (tertiary/aromatic N) is 2. The molecular formula is C22H23N3O3S. The number of carbonyl (C=O) groups excluding carboxylic acids is 1. The average Bonchev–Trinajstić information content (AvgIpc) is 3.52. The van der Waals surface area contributed by atoms with E-state index in [0.29, 0.717) is 23.1 Å². The second-order valence-electron chi connectivity index (χ2n) is 7.66. The van der Waals surface area contributed by atoms with Gasteiger partial charge in [0.15, 0.2) is 0 Å². The Hall–Kier alpha value is -2.51. The Morgan fingerprint density at radius 1 is 1.24 bits per heavy atom. The van der Waals surface area contributed by atoms with E-state index in [1.165, 1.54) is 23.3 Å². The van der Waals surface area contributed by atoms with E-state index in [9.17, 15) is 4.79 Å². The fourth-order valence-corrected chi connectivity index (χ4v) is 5.08. The number of nitrogens with one attached hydrogen (secondary N) is 1. The van der Waals surface area contributed by atoms with Gasteiger partial charge in [0.05, 0.1) is 12.0 Å². The molecule has 3 aromatic rings. The van der Waals surface area contributed by atoms with Gasteiger partial charge in [0.25, 0.3) is 5.91 Å². The van der Waals surface area contributed by atoms with Crippen LogP contribution < -0.4 is 10.1 Å². The monoisotopic (exact) mass is 409 g/mol. The van der Waals surface area contributed by atoms with Crippen molar-refractivity contribution in [1.82, 2.24) is 15.3 Å².